The minimum atomic E-state index is -5.80. The van der Waals surface area contributed by atoms with Gasteiger partial charge in [0.15, 0.2) is 6.10 Å². The molecule has 0 amide bonds. The van der Waals surface area contributed by atoms with E-state index in [0.717, 1.165) is 62.5 Å². The van der Waals surface area contributed by atoms with Crippen molar-refractivity contribution in [3.05, 3.63) is 0 Å². The van der Waals surface area contributed by atoms with Gasteiger partial charge in [-0.25, -0.2) is 54.5 Å². The molecule has 35 nitrogen and oxygen atoms in total. The molecular formula is C35H56O35P4. The average Bonchev–Trinajstić information content (AvgIpc) is 3.25. The van der Waals surface area contributed by atoms with Gasteiger partial charge in [-0.15, -0.1) is 0 Å². The predicted octanol–water partition coefficient (Wildman–Crippen LogP) is 3.00. The minimum absolute atomic E-state index is 0.0185. The van der Waals surface area contributed by atoms with Crippen molar-refractivity contribution < 1.29 is 163 Å². The molecule has 74 heavy (non-hydrogen) atoms. The normalized spacial score (nSPS) is 19.0. The zero-order valence-corrected chi connectivity index (χ0v) is 44.7. The lowest BCUT2D eigenvalue weighted by Crippen LogP contribution is -2.67. The maximum Gasteiger partial charge on any atom is 0.481 e. The van der Waals surface area contributed by atoms with Crippen LogP contribution in [0.3, 0.4) is 0 Å². The van der Waals surface area contributed by atoms with E-state index in [-0.39, 0.29) is 6.42 Å². The van der Waals surface area contributed by atoms with Crippen molar-refractivity contribution in [1.29, 1.82) is 0 Å². The molecule has 0 spiro atoms. The van der Waals surface area contributed by atoms with Crippen molar-refractivity contribution in [2.75, 3.05) is 61.5 Å². The van der Waals surface area contributed by atoms with Gasteiger partial charge in [0.1, 0.15) is 30.5 Å². The van der Waals surface area contributed by atoms with E-state index in [2.05, 4.69) is 0 Å². The van der Waals surface area contributed by atoms with Gasteiger partial charge in [0.05, 0.1) is 0 Å². The number of hydrogen-bond acceptors (Lipinski definition) is 35. The number of methoxy groups -OCH3 is 1. The van der Waals surface area contributed by atoms with E-state index in [9.17, 15) is 61.4 Å². The van der Waals surface area contributed by atoms with Crippen LogP contribution in [0.1, 0.15) is 75.2 Å². The molecule has 1 saturated carbocycles. The molecule has 6 atom stereocenters. The molecule has 0 aliphatic heterocycles. The van der Waals surface area contributed by atoms with Crippen LogP contribution in [-0.2, 0) is 163 Å². The van der Waals surface area contributed by atoms with Crippen molar-refractivity contribution in [2.45, 2.75) is 112 Å². The van der Waals surface area contributed by atoms with Crippen LogP contribution in [0.4, 0.5) is 0 Å². The molecule has 0 aromatic heterocycles. The Morgan fingerprint density at radius 2 is 0.514 bits per heavy atom. The lowest BCUT2D eigenvalue weighted by atomic mass is 9.84. The second kappa shape index (κ2) is 33.6. The van der Waals surface area contributed by atoms with Crippen molar-refractivity contribution in [3.8, 4) is 0 Å². The Bertz CT molecular complexity index is 2000. The molecule has 0 unspecified atom stereocenters. The van der Waals surface area contributed by atoms with Crippen LogP contribution in [-0.4, -0.2) is 152 Å². The molecule has 426 valence electrons. The number of esters is 9. The zero-order chi connectivity index (χ0) is 56.3. The summed E-state index contributed by atoms with van der Waals surface area (Å²) in [4.78, 5) is 108. The number of phosphoric acid groups is 4. The Balaban J connectivity index is 4.79. The molecule has 0 radical (unpaired) electrons. The second-order valence-corrected chi connectivity index (χ2v) is 20.0. The van der Waals surface area contributed by atoms with Gasteiger partial charge in [-0.05, 0) is 6.42 Å². The fraction of sp³-hybridized carbons (Fsp3) is 0.743. The smallest absolute Gasteiger partial charge is 0.457 e. The molecule has 1 rings (SSSR count). The van der Waals surface area contributed by atoms with Crippen molar-refractivity contribution in [2.24, 2.45) is 0 Å². The maximum atomic E-state index is 14.8. The Morgan fingerprint density at radius 3 is 0.689 bits per heavy atom. The van der Waals surface area contributed by atoms with Crippen molar-refractivity contribution >= 4 is 85.0 Å². The van der Waals surface area contributed by atoms with E-state index in [1.807, 2.05) is 0 Å². The molecule has 0 saturated heterocycles. The van der Waals surface area contributed by atoms with Gasteiger partial charge in [-0.3, -0.25) is 61.2 Å². The zero-order valence-electron chi connectivity index (χ0n) is 41.1. The number of carbonyl (C=O) groups excluding carboxylic acids is 9. The summed E-state index contributed by atoms with van der Waals surface area (Å²) in [5.41, 5.74) is 0. The van der Waals surface area contributed by atoms with Crippen LogP contribution >= 0.6 is 31.3 Å². The van der Waals surface area contributed by atoms with E-state index in [1.54, 1.807) is 0 Å². The second-order valence-electron chi connectivity index (χ2n) is 13.5. The summed E-state index contributed by atoms with van der Waals surface area (Å²) in [5, 5.41) is 0. The molecule has 1 fully saturated rings. The first-order chi connectivity index (χ1) is 34.5. The molecule has 39 heteroatoms. The number of phosphoric ester groups is 4. The summed E-state index contributed by atoms with van der Waals surface area (Å²) >= 11 is 0. The van der Waals surface area contributed by atoms with Crippen LogP contribution in [0.2, 0.25) is 0 Å². The van der Waals surface area contributed by atoms with E-state index in [4.69, 9.17) is 102 Å². The summed E-state index contributed by atoms with van der Waals surface area (Å²) in [5.74, 6) is -9.86. The summed E-state index contributed by atoms with van der Waals surface area (Å²) in [7, 11) is -22.1. The van der Waals surface area contributed by atoms with E-state index >= 15 is 0 Å². The SMILES string of the molecule is CCCC(=O)O[C@@H]1[C@H](OC)[C@@H](OP(=O)(OCOC(C)=O)OCOC(C)=O)[C@H](OP(=O)(OCOC(C)=O)OCOC(C)=O)[C@@H](OP(=O)(OCOC(C)=O)OCOC(C)=O)[C@@H]1OP(=O)(OCOC(C)=O)OCOC(C)=O. The Kier molecular flexibility index (Phi) is 30.7. The van der Waals surface area contributed by atoms with Crippen LogP contribution in [0, 0.1) is 0 Å². The average molecular weight is 1160 g/mol. The summed E-state index contributed by atoms with van der Waals surface area (Å²) in [6.45, 7) is -2.39. The fourth-order valence-electron chi connectivity index (χ4n) is 4.80. The maximum absolute atomic E-state index is 14.8. The van der Waals surface area contributed by atoms with Crippen LogP contribution in [0.25, 0.3) is 0 Å². The highest BCUT2D eigenvalue weighted by Gasteiger charge is 2.63. The van der Waals surface area contributed by atoms with Gasteiger partial charge in [0, 0.05) is 68.9 Å². The molecular weight excluding hydrogens is 1100 g/mol. The van der Waals surface area contributed by atoms with Gasteiger partial charge in [-0.2, -0.15) is 0 Å². The van der Waals surface area contributed by atoms with Gasteiger partial charge in [0.25, 0.3) is 0 Å². The highest BCUT2D eigenvalue weighted by Crippen LogP contribution is 2.62. The summed E-state index contributed by atoms with van der Waals surface area (Å²) < 4.78 is 172. The third-order valence-electron chi connectivity index (χ3n) is 7.72. The highest BCUT2D eigenvalue weighted by molar-refractivity contribution is 7.49. The first kappa shape index (κ1) is 67.6. The van der Waals surface area contributed by atoms with Crippen LogP contribution < -0.4 is 0 Å². The molecule has 0 aromatic carbocycles. The lowest BCUT2D eigenvalue weighted by Gasteiger charge is -2.49. The van der Waals surface area contributed by atoms with Crippen LogP contribution in [0.5, 0.6) is 0 Å². The summed E-state index contributed by atoms with van der Waals surface area (Å²) in [6.07, 6.45) is -16.3. The standard InChI is InChI=1S/C35H56O35P4/c1-11-12-29(44)66-31-30(49-10)32(67-71(45,58-13-50-21(2)36)59-14-51-22(3)37)34(69-73(47,62-17-54-25(6)40)63-18-55-26(7)41)35(70-74(48,64-19-56-27(8)42)65-20-57-28(9)43)33(31)68-72(46,60-15-52-23(4)38)61-16-53-24(5)39/h30-35H,11-20H2,1-10H3/t30-,31+,32+,33+,34-,35-/m0/s1. The Morgan fingerprint density at radius 1 is 0.324 bits per heavy atom. The number of rotatable bonds is 36. The fourth-order valence-corrected chi connectivity index (χ4v) is 9.19. The first-order valence-electron chi connectivity index (χ1n) is 20.6. The quantitative estimate of drug-likeness (QED) is 0.0376. The molecule has 0 aromatic rings. The predicted molar refractivity (Wildman–Crippen MR) is 227 cm³/mol. The highest BCUT2D eigenvalue weighted by atomic mass is 31.2. The van der Waals surface area contributed by atoms with Crippen LogP contribution in [0.15, 0.2) is 0 Å². The first-order valence-corrected chi connectivity index (χ1v) is 26.4. The molecule has 1 aliphatic rings. The third kappa shape index (κ3) is 27.4. The van der Waals surface area contributed by atoms with Gasteiger partial charge in [-0.1, -0.05) is 6.92 Å². The lowest BCUT2D eigenvalue weighted by molar-refractivity contribution is -0.234. The van der Waals surface area contributed by atoms with E-state index in [0.29, 0.717) is 0 Å². The van der Waals surface area contributed by atoms with Crippen molar-refractivity contribution in [3.63, 3.8) is 0 Å². The van der Waals surface area contributed by atoms with Gasteiger partial charge in [0.2, 0.25) is 54.3 Å². The molecule has 0 bridgehead atoms. The minimum Gasteiger partial charge on any atom is -0.457 e. The Labute approximate surface area is 420 Å². The monoisotopic (exact) mass is 1160 g/mol. The summed E-state index contributed by atoms with van der Waals surface area (Å²) in [6, 6.07) is 0. The molecule has 0 N–H and O–H groups in total. The van der Waals surface area contributed by atoms with E-state index in [1.165, 1.54) is 6.92 Å². The molecule has 0 heterocycles. The number of ether oxygens (including phenoxy) is 10. The van der Waals surface area contributed by atoms with Crippen molar-refractivity contribution in [1.82, 2.24) is 0 Å². The Hall–Kier alpha value is -4.37. The van der Waals surface area contributed by atoms with Gasteiger partial charge < -0.3 is 47.4 Å². The topological polar surface area (TPSA) is 425 Å². The number of carbonyl (C=O) groups is 9. The van der Waals surface area contributed by atoms with Gasteiger partial charge >= 0.3 is 85.0 Å². The largest absolute Gasteiger partial charge is 0.481 e. The van der Waals surface area contributed by atoms with E-state index < -0.39 is 182 Å². The number of hydrogen-bond donors (Lipinski definition) is 0. The third-order valence-corrected chi connectivity index (χ3v) is 13.1. The molecule has 1 aliphatic carbocycles.